The van der Waals surface area contributed by atoms with Crippen LogP contribution in [-0.2, 0) is 25.6 Å². The molecule has 2 rings (SSSR count). The Kier molecular flexibility index (Phi) is 4.33. The molecule has 0 aromatic heterocycles. The number of carbonyl (C=O) groups is 1. The van der Waals surface area contributed by atoms with E-state index in [4.69, 9.17) is 37.4 Å². The van der Waals surface area contributed by atoms with Crippen molar-refractivity contribution in [3.05, 3.63) is 45.8 Å². The van der Waals surface area contributed by atoms with Crippen LogP contribution in [-0.4, -0.2) is 19.2 Å². The van der Waals surface area contributed by atoms with Gasteiger partial charge in [-0.2, -0.15) is 0 Å². The van der Waals surface area contributed by atoms with E-state index in [1.807, 2.05) is 0 Å². The molecule has 18 heavy (non-hydrogen) atoms. The average molecular weight is 289 g/mol. The van der Waals surface area contributed by atoms with Crippen molar-refractivity contribution in [2.24, 2.45) is 0 Å². The first-order valence-electron chi connectivity index (χ1n) is 5.23. The summed E-state index contributed by atoms with van der Waals surface area (Å²) in [5.74, 6) is -0.560. The molecule has 6 heteroatoms. The molecule has 1 aliphatic heterocycles. The normalized spacial score (nSPS) is 14.2. The molecule has 0 saturated heterocycles. The second kappa shape index (κ2) is 5.98. The van der Waals surface area contributed by atoms with Crippen LogP contribution in [0.3, 0.4) is 0 Å². The molecule has 1 aromatic carbocycles. The Bertz CT molecular complexity index is 465. The quantitative estimate of drug-likeness (QED) is 0.803. The van der Waals surface area contributed by atoms with Gasteiger partial charge in [0.2, 0.25) is 5.76 Å². The monoisotopic (exact) mass is 288 g/mol. The molecule has 0 atom stereocenters. The van der Waals surface area contributed by atoms with Crippen molar-refractivity contribution >= 4 is 29.2 Å². The average Bonchev–Trinajstić information content (AvgIpc) is 2.39. The minimum atomic E-state index is -0.606. The lowest BCUT2D eigenvalue weighted by molar-refractivity contribution is -0.145. The van der Waals surface area contributed by atoms with E-state index >= 15 is 0 Å². The zero-order chi connectivity index (χ0) is 13.0. The van der Waals surface area contributed by atoms with Crippen molar-refractivity contribution < 1.29 is 19.0 Å². The van der Waals surface area contributed by atoms with Crippen LogP contribution in [0.25, 0.3) is 0 Å². The fraction of sp³-hybridized carbons (Fsp3) is 0.250. The maximum atomic E-state index is 11.6. The summed E-state index contributed by atoms with van der Waals surface area (Å²) < 4.78 is 15.1. The minimum Gasteiger partial charge on any atom is -0.493 e. The fourth-order valence-corrected chi connectivity index (χ4v) is 1.86. The van der Waals surface area contributed by atoms with E-state index in [1.54, 1.807) is 18.2 Å². The number of carbonyl (C=O) groups excluding carboxylic acids is 1. The van der Waals surface area contributed by atoms with Gasteiger partial charge in [-0.1, -0.05) is 29.3 Å². The SMILES string of the molecule is O=C(OCc1c(Cl)cccc1Cl)C1=COCCO1. The molecule has 4 nitrogen and oxygen atoms in total. The summed E-state index contributed by atoms with van der Waals surface area (Å²) in [5.41, 5.74) is 0.562. The van der Waals surface area contributed by atoms with Crippen molar-refractivity contribution in [3.63, 3.8) is 0 Å². The van der Waals surface area contributed by atoms with Gasteiger partial charge in [0.15, 0.2) is 0 Å². The minimum absolute atomic E-state index is 0.0158. The van der Waals surface area contributed by atoms with E-state index in [9.17, 15) is 4.79 Å². The Labute approximate surface area is 114 Å². The molecular weight excluding hydrogens is 279 g/mol. The molecule has 0 radical (unpaired) electrons. The summed E-state index contributed by atoms with van der Waals surface area (Å²) in [6.45, 7) is 0.735. The van der Waals surface area contributed by atoms with Crippen LogP contribution in [0.1, 0.15) is 5.56 Å². The van der Waals surface area contributed by atoms with Gasteiger partial charge in [0.1, 0.15) is 26.1 Å². The van der Waals surface area contributed by atoms with Crippen LogP contribution in [0, 0.1) is 0 Å². The topological polar surface area (TPSA) is 44.8 Å². The lowest BCUT2D eigenvalue weighted by atomic mass is 10.2. The van der Waals surface area contributed by atoms with E-state index in [1.165, 1.54) is 6.26 Å². The summed E-state index contributed by atoms with van der Waals surface area (Å²) >= 11 is 11.9. The molecule has 1 aromatic rings. The molecule has 0 unspecified atom stereocenters. The molecule has 0 spiro atoms. The number of hydrogen-bond acceptors (Lipinski definition) is 4. The third-order valence-corrected chi connectivity index (χ3v) is 2.97. The highest BCUT2D eigenvalue weighted by Gasteiger charge is 2.17. The molecule has 0 amide bonds. The van der Waals surface area contributed by atoms with Crippen molar-refractivity contribution in [3.8, 4) is 0 Å². The highest BCUT2D eigenvalue weighted by Crippen LogP contribution is 2.25. The zero-order valence-corrected chi connectivity index (χ0v) is 10.8. The van der Waals surface area contributed by atoms with Gasteiger partial charge in [0, 0.05) is 15.6 Å². The van der Waals surface area contributed by atoms with Crippen molar-refractivity contribution in [2.45, 2.75) is 6.61 Å². The summed E-state index contributed by atoms with van der Waals surface area (Å²) in [6.07, 6.45) is 1.24. The van der Waals surface area contributed by atoms with Crippen molar-refractivity contribution in [1.82, 2.24) is 0 Å². The Hall–Kier alpha value is -1.39. The highest BCUT2D eigenvalue weighted by molar-refractivity contribution is 6.35. The Morgan fingerprint density at radius 3 is 2.61 bits per heavy atom. The van der Waals surface area contributed by atoms with Crippen molar-refractivity contribution in [1.29, 1.82) is 0 Å². The van der Waals surface area contributed by atoms with Gasteiger partial charge in [-0.3, -0.25) is 0 Å². The predicted octanol–water partition coefficient (Wildman–Crippen LogP) is 2.92. The number of ether oxygens (including phenoxy) is 3. The van der Waals surface area contributed by atoms with E-state index in [0.717, 1.165) is 0 Å². The van der Waals surface area contributed by atoms with Gasteiger partial charge in [-0.05, 0) is 12.1 Å². The Morgan fingerprint density at radius 2 is 2.00 bits per heavy atom. The van der Waals surface area contributed by atoms with Gasteiger partial charge >= 0.3 is 5.97 Å². The van der Waals surface area contributed by atoms with E-state index in [0.29, 0.717) is 28.8 Å². The molecular formula is C12H10Cl2O4. The van der Waals surface area contributed by atoms with Crippen LogP contribution in [0.5, 0.6) is 0 Å². The van der Waals surface area contributed by atoms with E-state index in [-0.39, 0.29) is 12.4 Å². The lowest BCUT2D eigenvalue weighted by Crippen LogP contribution is -2.17. The van der Waals surface area contributed by atoms with E-state index in [2.05, 4.69) is 0 Å². The predicted molar refractivity (Wildman–Crippen MR) is 66.2 cm³/mol. The third-order valence-electron chi connectivity index (χ3n) is 2.26. The number of rotatable bonds is 3. The van der Waals surface area contributed by atoms with Gasteiger partial charge in [0.05, 0.1) is 0 Å². The smallest absolute Gasteiger partial charge is 0.377 e. The van der Waals surface area contributed by atoms with Crippen LogP contribution >= 0.6 is 23.2 Å². The highest BCUT2D eigenvalue weighted by atomic mass is 35.5. The summed E-state index contributed by atoms with van der Waals surface area (Å²) in [4.78, 5) is 11.6. The van der Waals surface area contributed by atoms with Gasteiger partial charge in [-0.15, -0.1) is 0 Å². The van der Waals surface area contributed by atoms with Crippen LogP contribution in [0.15, 0.2) is 30.2 Å². The van der Waals surface area contributed by atoms with Crippen LogP contribution in [0.4, 0.5) is 0 Å². The second-order valence-corrected chi connectivity index (χ2v) is 4.29. The number of hydrogen-bond donors (Lipinski definition) is 0. The zero-order valence-electron chi connectivity index (χ0n) is 9.32. The summed E-state index contributed by atoms with van der Waals surface area (Å²) in [6, 6.07) is 5.07. The van der Waals surface area contributed by atoms with E-state index < -0.39 is 5.97 Å². The number of benzene rings is 1. The van der Waals surface area contributed by atoms with Crippen LogP contribution in [0.2, 0.25) is 10.0 Å². The van der Waals surface area contributed by atoms with Crippen LogP contribution < -0.4 is 0 Å². The van der Waals surface area contributed by atoms with Gasteiger partial charge in [-0.25, -0.2) is 4.79 Å². The first kappa shape index (κ1) is 13.1. The molecule has 0 N–H and O–H groups in total. The van der Waals surface area contributed by atoms with Crippen molar-refractivity contribution in [2.75, 3.05) is 13.2 Å². The second-order valence-electron chi connectivity index (χ2n) is 3.48. The lowest BCUT2D eigenvalue weighted by Gasteiger charge is -2.14. The fourth-order valence-electron chi connectivity index (χ4n) is 1.35. The third kappa shape index (κ3) is 3.09. The standard InChI is InChI=1S/C12H10Cl2O4/c13-9-2-1-3-10(14)8(9)6-18-12(15)11-7-16-4-5-17-11/h1-3,7H,4-6H2. The molecule has 1 heterocycles. The first-order valence-corrected chi connectivity index (χ1v) is 5.98. The Balaban J connectivity index is 1.99. The number of halogens is 2. The summed E-state index contributed by atoms with van der Waals surface area (Å²) in [7, 11) is 0. The molecule has 0 aliphatic carbocycles. The Morgan fingerprint density at radius 1 is 1.28 bits per heavy atom. The molecule has 0 saturated carbocycles. The maximum absolute atomic E-state index is 11.6. The number of esters is 1. The molecule has 0 bridgehead atoms. The van der Waals surface area contributed by atoms with Gasteiger partial charge < -0.3 is 14.2 Å². The first-order chi connectivity index (χ1) is 8.68. The molecule has 0 fully saturated rings. The van der Waals surface area contributed by atoms with Gasteiger partial charge in [0.25, 0.3) is 0 Å². The molecule has 96 valence electrons. The largest absolute Gasteiger partial charge is 0.493 e. The molecule has 1 aliphatic rings. The summed E-state index contributed by atoms with van der Waals surface area (Å²) in [5, 5.41) is 0.898. The maximum Gasteiger partial charge on any atom is 0.377 e.